The molecule has 1 fully saturated rings. The number of nitrogens with zero attached hydrogens (tertiary/aromatic N) is 3. The molecule has 2 heterocycles. The second-order valence-corrected chi connectivity index (χ2v) is 8.49. The molecule has 1 aliphatic carbocycles. The summed E-state index contributed by atoms with van der Waals surface area (Å²) in [5.41, 5.74) is 2.99. The van der Waals surface area contributed by atoms with Gasteiger partial charge in [0, 0.05) is 43.5 Å². The summed E-state index contributed by atoms with van der Waals surface area (Å²) >= 11 is 0. The molecule has 31 heavy (non-hydrogen) atoms. The molecule has 1 N–H and O–H groups in total. The lowest BCUT2D eigenvalue weighted by atomic mass is 9.91. The molecule has 2 aromatic rings. The van der Waals surface area contributed by atoms with E-state index in [2.05, 4.69) is 10.4 Å². The van der Waals surface area contributed by atoms with Gasteiger partial charge in [-0.2, -0.15) is 5.10 Å². The molecule has 168 valence electrons. The van der Waals surface area contributed by atoms with Gasteiger partial charge < -0.3 is 10.2 Å². The maximum atomic E-state index is 13.5. The summed E-state index contributed by atoms with van der Waals surface area (Å²) in [5, 5.41) is 7.98. The number of benzene rings is 1. The topological polar surface area (TPSA) is 50.2 Å². The summed E-state index contributed by atoms with van der Waals surface area (Å²) in [4.78, 5) is 15.2. The Balaban J connectivity index is 1.50. The Morgan fingerprint density at radius 3 is 2.45 bits per heavy atom. The smallest absolute Gasteiger partial charge is 0.274 e. The fourth-order valence-corrected chi connectivity index (χ4v) is 4.69. The summed E-state index contributed by atoms with van der Waals surface area (Å²) in [7, 11) is 0. The second-order valence-electron chi connectivity index (χ2n) is 8.49. The molecule has 1 aromatic heterocycles. The quantitative estimate of drug-likeness (QED) is 0.725. The number of halogens is 3. The van der Waals surface area contributed by atoms with Crippen molar-refractivity contribution in [1.82, 2.24) is 20.0 Å². The van der Waals surface area contributed by atoms with E-state index in [1.165, 1.54) is 0 Å². The van der Waals surface area contributed by atoms with Gasteiger partial charge in [0.25, 0.3) is 5.91 Å². The van der Waals surface area contributed by atoms with E-state index >= 15 is 0 Å². The van der Waals surface area contributed by atoms with E-state index in [9.17, 15) is 18.0 Å². The highest BCUT2D eigenvalue weighted by Crippen LogP contribution is 2.27. The molecule has 0 saturated carbocycles. The van der Waals surface area contributed by atoms with Crippen LogP contribution in [0.25, 0.3) is 0 Å². The largest absolute Gasteiger partial charge is 0.337 e. The molecule has 0 spiro atoms. The van der Waals surface area contributed by atoms with Crippen molar-refractivity contribution in [3.05, 3.63) is 52.1 Å². The molecule has 8 heteroatoms. The number of rotatable bonds is 5. The van der Waals surface area contributed by atoms with E-state index in [4.69, 9.17) is 0 Å². The zero-order chi connectivity index (χ0) is 22.0. The monoisotopic (exact) mass is 434 g/mol. The van der Waals surface area contributed by atoms with Gasteiger partial charge in [0.1, 0.15) is 0 Å². The van der Waals surface area contributed by atoms with Crippen LogP contribution in [0, 0.1) is 17.5 Å². The summed E-state index contributed by atoms with van der Waals surface area (Å²) < 4.78 is 42.1. The van der Waals surface area contributed by atoms with Crippen LogP contribution in [0.15, 0.2) is 12.1 Å². The van der Waals surface area contributed by atoms with Crippen LogP contribution in [-0.4, -0.2) is 39.7 Å². The van der Waals surface area contributed by atoms with Crippen molar-refractivity contribution < 1.29 is 18.0 Å². The normalized spacial score (nSPS) is 19.2. The lowest BCUT2D eigenvalue weighted by Crippen LogP contribution is -2.36. The number of aryl methyl sites for hydroxylation is 1. The number of aromatic nitrogens is 2. The first-order chi connectivity index (χ1) is 15.0. The molecule has 1 saturated heterocycles. The Kier molecular flexibility index (Phi) is 6.65. The average molecular weight is 435 g/mol. The fraction of sp³-hybridized carbons (Fsp3) is 0.565. The van der Waals surface area contributed by atoms with Gasteiger partial charge in [0.05, 0.1) is 0 Å². The standard InChI is InChI=1S/C23H29F3N4O/c1-2-30-20-8-7-16(27-14-15-11-18(24)21(26)19(25)12-15)13-17(20)22(28-30)23(31)29-9-5-3-4-6-10-29/h11-12,16,27H,2-10,13-14H2,1H3. The molecule has 2 aliphatic rings. The minimum Gasteiger partial charge on any atom is -0.337 e. The van der Waals surface area contributed by atoms with Gasteiger partial charge in [-0.3, -0.25) is 9.48 Å². The molecule has 1 amide bonds. The zero-order valence-corrected chi connectivity index (χ0v) is 17.9. The van der Waals surface area contributed by atoms with Crippen LogP contribution in [0.5, 0.6) is 0 Å². The van der Waals surface area contributed by atoms with Crippen LogP contribution in [0.3, 0.4) is 0 Å². The third-order valence-corrected chi connectivity index (χ3v) is 6.38. The van der Waals surface area contributed by atoms with Gasteiger partial charge in [0.2, 0.25) is 0 Å². The van der Waals surface area contributed by atoms with Crippen molar-refractivity contribution in [2.75, 3.05) is 13.1 Å². The van der Waals surface area contributed by atoms with Gasteiger partial charge in [0.15, 0.2) is 23.1 Å². The molecule has 1 atom stereocenters. The van der Waals surface area contributed by atoms with E-state index in [1.807, 2.05) is 16.5 Å². The number of amides is 1. The van der Waals surface area contributed by atoms with Crippen molar-refractivity contribution in [2.45, 2.75) is 71.0 Å². The Hall–Kier alpha value is -2.35. The maximum Gasteiger partial charge on any atom is 0.274 e. The molecular formula is C23H29F3N4O. The molecule has 0 bridgehead atoms. The predicted molar refractivity (Wildman–Crippen MR) is 111 cm³/mol. The molecule has 0 radical (unpaired) electrons. The Labute approximate surface area is 180 Å². The van der Waals surface area contributed by atoms with Gasteiger partial charge in [-0.05, 0) is 56.7 Å². The third-order valence-electron chi connectivity index (χ3n) is 6.38. The number of hydrogen-bond donors (Lipinski definition) is 1. The van der Waals surface area contributed by atoms with Gasteiger partial charge in [-0.25, -0.2) is 13.2 Å². The van der Waals surface area contributed by atoms with E-state index in [0.717, 1.165) is 75.0 Å². The van der Waals surface area contributed by atoms with Crippen LogP contribution >= 0.6 is 0 Å². The number of fused-ring (bicyclic) bond motifs is 1. The van der Waals surface area contributed by atoms with E-state index in [-0.39, 0.29) is 18.5 Å². The molecule has 1 unspecified atom stereocenters. The molecule has 1 aromatic carbocycles. The number of carbonyl (C=O) groups is 1. The van der Waals surface area contributed by atoms with Crippen LogP contribution in [0.4, 0.5) is 13.2 Å². The van der Waals surface area contributed by atoms with Gasteiger partial charge >= 0.3 is 0 Å². The van der Waals surface area contributed by atoms with Crippen molar-refractivity contribution in [3.63, 3.8) is 0 Å². The highest BCUT2D eigenvalue weighted by Gasteiger charge is 2.31. The highest BCUT2D eigenvalue weighted by molar-refractivity contribution is 5.94. The minimum atomic E-state index is -1.45. The lowest BCUT2D eigenvalue weighted by molar-refractivity contribution is 0.0753. The first-order valence-corrected chi connectivity index (χ1v) is 11.2. The minimum absolute atomic E-state index is 0.00803. The maximum absolute atomic E-state index is 13.5. The first-order valence-electron chi connectivity index (χ1n) is 11.2. The van der Waals surface area contributed by atoms with Crippen LogP contribution < -0.4 is 5.32 Å². The fourth-order valence-electron chi connectivity index (χ4n) is 4.69. The summed E-state index contributed by atoms with van der Waals surface area (Å²) in [6.45, 7) is 4.51. The van der Waals surface area contributed by atoms with E-state index < -0.39 is 17.5 Å². The van der Waals surface area contributed by atoms with Crippen molar-refractivity contribution in [2.24, 2.45) is 0 Å². The Bertz CT molecular complexity index is 928. The van der Waals surface area contributed by atoms with Crippen LogP contribution in [-0.2, 0) is 25.9 Å². The van der Waals surface area contributed by atoms with Crippen molar-refractivity contribution in [3.8, 4) is 0 Å². The number of likely N-dealkylation sites (tertiary alicyclic amines) is 1. The van der Waals surface area contributed by atoms with Crippen LogP contribution in [0.1, 0.15) is 66.3 Å². The molecular weight excluding hydrogens is 405 g/mol. The SMILES string of the molecule is CCn1nc(C(=O)N2CCCCCC2)c2c1CCC(NCc1cc(F)c(F)c(F)c1)C2. The van der Waals surface area contributed by atoms with Gasteiger partial charge in [-0.1, -0.05) is 12.8 Å². The number of nitrogens with one attached hydrogen (secondary N) is 1. The predicted octanol–water partition coefficient (Wildman–Crippen LogP) is 3.98. The number of hydrogen-bond acceptors (Lipinski definition) is 3. The number of carbonyl (C=O) groups excluding carboxylic acids is 1. The van der Waals surface area contributed by atoms with Gasteiger partial charge in [-0.15, -0.1) is 0 Å². The lowest BCUT2D eigenvalue weighted by Gasteiger charge is -2.25. The van der Waals surface area contributed by atoms with E-state index in [0.29, 0.717) is 24.2 Å². The highest BCUT2D eigenvalue weighted by atomic mass is 19.2. The summed E-state index contributed by atoms with van der Waals surface area (Å²) in [5.74, 6) is -3.81. The molecule has 5 nitrogen and oxygen atoms in total. The summed E-state index contributed by atoms with van der Waals surface area (Å²) in [6.07, 6.45) is 6.62. The first kappa shape index (κ1) is 21.9. The molecule has 4 rings (SSSR count). The van der Waals surface area contributed by atoms with Crippen molar-refractivity contribution >= 4 is 5.91 Å². The Morgan fingerprint density at radius 2 is 1.81 bits per heavy atom. The van der Waals surface area contributed by atoms with E-state index in [1.54, 1.807) is 0 Å². The van der Waals surface area contributed by atoms with Crippen molar-refractivity contribution in [1.29, 1.82) is 0 Å². The second kappa shape index (κ2) is 9.42. The zero-order valence-electron chi connectivity index (χ0n) is 17.9. The molecule has 1 aliphatic heterocycles. The Morgan fingerprint density at radius 1 is 1.13 bits per heavy atom. The van der Waals surface area contributed by atoms with Crippen LogP contribution in [0.2, 0.25) is 0 Å². The third kappa shape index (κ3) is 4.63. The average Bonchev–Trinajstić information content (AvgIpc) is 2.93. The summed E-state index contributed by atoms with van der Waals surface area (Å²) in [6, 6.07) is 2.08.